The fourth-order valence-electron chi connectivity index (χ4n) is 0.325. The van der Waals surface area contributed by atoms with Gasteiger partial charge in [-0.25, -0.2) is 4.98 Å². The average molecular weight is 136 g/mol. The molecule has 0 spiro atoms. The van der Waals surface area contributed by atoms with Crippen molar-refractivity contribution in [1.29, 1.82) is 0 Å². The predicted octanol–water partition coefficient (Wildman–Crippen LogP) is 1.49. The third-order valence-corrected chi connectivity index (χ3v) is 0.633. The van der Waals surface area contributed by atoms with E-state index in [1.54, 1.807) is 0 Å². The molecule has 0 N–H and O–H groups in total. The van der Waals surface area contributed by atoms with Crippen molar-refractivity contribution in [3.63, 3.8) is 0 Å². The number of aromatic nitrogens is 1. The van der Waals surface area contributed by atoms with Crippen LogP contribution in [0.2, 0.25) is 0 Å². The molecule has 0 saturated heterocycles. The third-order valence-electron chi connectivity index (χ3n) is 0.633. The molecule has 1 aromatic heterocycles. The van der Waals surface area contributed by atoms with Crippen molar-refractivity contribution >= 4 is 0 Å². The highest BCUT2D eigenvalue weighted by Crippen LogP contribution is 2.26. The molecule has 0 atom stereocenters. The number of halogens is 3. The minimum Gasteiger partial charge on any atom is -0.429 e. The molecule has 0 amide bonds. The van der Waals surface area contributed by atoms with E-state index in [1.807, 2.05) is 6.26 Å². The van der Waals surface area contributed by atoms with Crippen LogP contribution in [0.3, 0.4) is 0 Å². The monoisotopic (exact) mass is 136 g/mol. The molecule has 49 valence electrons. The van der Waals surface area contributed by atoms with Gasteiger partial charge in [0, 0.05) is 0 Å². The lowest BCUT2D eigenvalue weighted by molar-refractivity contribution is -0.157. The van der Waals surface area contributed by atoms with E-state index < -0.39 is 12.1 Å². The summed E-state index contributed by atoms with van der Waals surface area (Å²) in [5.74, 6) is -1.26. The Kier molecular flexibility index (Phi) is 1.19. The zero-order valence-electron chi connectivity index (χ0n) is 4.07. The van der Waals surface area contributed by atoms with E-state index in [0.717, 1.165) is 6.20 Å². The van der Waals surface area contributed by atoms with Gasteiger partial charge in [0.05, 0.1) is 6.20 Å². The topological polar surface area (TPSA) is 26.0 Å². The van der Waals surface area contributed by atoms with Crippen LogP contribution in [0.1, 0.15) is 5.89 Å². The molecule has 0 saturated carbocycles. The standard InChI is InChI=1S/C4HF3NO/c5-4(6,7)3-8-1-2-9-3/h1H. The number of alkyl halides is 3. The van der Waals surface area contributed by atoms with Crippen LogP contribution in [-0.2, 0) is 6.18 Å². The Hall–Kier alpha value is -1.00. The summed E-state index contributed by atoms with van der Waals surface area (Å²) in [6.07, 6.45) is -1.83. The van der Waals surface area contributed by atoms with Gasteiger partial charge in [-0.3, -0.25) is 0 Å². The van der Waals surface area contributed by atoms with Crippen LogP contribution in [0.4, 0.5) is 13.2 Å². The van der Waals surface area contributed by atoms with E-state index in [0.29, 0.717) is 0 Å². The van der Waals surface area contributed by atoms with Crippen LogP contribution in [0, 0.1) is 6.26 Å². The summed E-state index contributed by atoms with van der Waals surface area (Å²) in [6.45, 7) is 0. The maximum atomic E-state index is 11.4. The average Bonchev–Trinajstić information content (AvgIpc) is 2.08. The molecule has 0 bridgehead atoms. The third kappa shape index (κ3) is 1.22. The Morgan fingerprint density at radius 2 is 2.22 bits per heavy atom. The molecule has 0 fully saturated rings. The van der Waals surface area contributed by atoms with E-state index in [4.69, 9.17) is 0 Å². The highest BCUT2D eigenvalue weighted by molar-refractivity contribution is 4.83. The van der Waals surface area contributed by atoms with Crippen LogP contribution < -0.4 is 0 Å². The largest absolute Gasteiger partial charge is 0.468 e. The fraction of sp³-hybridized carbons (Fsp3) is 0.250. The lowest BCUT2D eigenvalue weighted by atomic mass is 10.7. The van der Waals surface area contributed by atoms with Crippen molar-refractivity contribution in [2.75, 3.05) is 0 Å². The molecule has 1 aromatic rings. The van der Waals surface area contributed by atoms with Crippen LogP contribution in [0.15, 0.2) is 10.6 Å². The number of hydrogen-bond acceptors (Lipinski definition) is 2. The fourth-order valence-corrected chi connectivity index (χ4v) is 0.325. The molecule has 5 heteroatoms. The van der Waals surface area contributed by atoms with Crippen LogP contribution in [-0.4, -0.2) is 4.98 Å². The number of hydrogen-bond donors (Lipinski definition) is 0. The second kappa shape index (κ2) is 1.75. The smallest absolute Gasteiger partial charge is 0.429 e. The molecule has 0 aliphatic heterocycles. The summed E-state index contributed by atoms with van der Waals surface area (Å²) in [5, 5.41) is 0. The first-order valence-electron chi connectivity index (χ1n) is 2.00. The Labute approximate surface area is 48.3 Å². The first-order chi connectivity index (χ1) is 4.11. The molecule has 0 aliphatic carbocycles. The summed E-state index contributed by atoms with van der Waals surface area (Å²) in [5.41, 5.74) is 0. The summed E-state index contributed by atoms with van der Waals surface area (Å²) in [6, 6.07) is 0. The van der Waals surface area contributed by atoms with Gasteiger partial charge in [-0.15, -0.1) is 0 Å². The Balaban J connectivity index is 2.90. The molecule has 2 nitrogen and oxygen atoms in total. The van der Waals surface area contributed by atoms with Crippen LogP contribution >= 0.6 is 0 Å². The summed E-state index contributed by atoms with van der Waals surface area (Å²) < 4.78 is 38.2. The maximum Gasteiger partial charge on any atom is 0.468 e. The van der Waals surface area contributed by atoms with Crippen molar-refractivity contribution in [3.8, 4) is 0 Å². The van der Waals surface area contributed by atoms with Gasteiger partial charge >= 0.3 is 12.1 Å². The molecular weight excluding hydrogens is 135 g/mol. The number of nitrogens with zero attached hydrogens (tertiary/aromatic N) is 1. The Morgan fingerprint density at radius 1 is 1.56 bits per heavy atom. The maximum absolute atomic E-state index is 11.4. The quantitative estimate of drug-likeness (QED) is 0.540. The van der Waals surface area contributed by atoms with Gasteiger partial charge in [-0.05, 0) is 0 Å². The lowest BCUT2D eigenvalue weighted by Gasteiger charge is -1.96. The van der Waals surface area contributed by atoms with Gasteiger partial charge in [0.25, 0.3) is 0 Å². The highest BCUT2D eigenvalue weighted by atomic mass is 19.4. The zero-order chi connectivity index (χ0) is 6.91. The van der Waals surface area contributed by atoms with E-state index >= 15 is 0 Å². The zero-order valence-corrected chi connectivity index (χ0v) is 4.07. The van der Waals surface area contributed by atoms with Crippen molar-refractivity contribution in [2.45, 2.75) is 6.18 Å². The molecule has 0 aliphatic rings. The van der Waals surface area contributed by atoms with E-state index in [1.165, 1.54) is 0 Å². The molecule has 0 aromatic carbocycles. The first kappa shape index (κ1) is 6.12. The summed E-state index contributed by atoms with van der Waals surface area (Å²) in [4.78, 5) is 2.84. The molecule has 9 heavy (non-hydrogen) atoms. The van der Waals surface area contributed by atoms with Crippen molar-refractivity contribution in [2.24, 2.45) is 0 Å². The van der Waals surface area contributed by atoms with E-state index in [9.17, 15) is 13.2 Å². The van der Waals surface area contributed by atoms with Gasteiger partial charge < -0.3 is 4.42 Å². The Bertz CT molecular complexity index is 178. The second-order valence-electron chi connectivity index (χ2n) is 1.28. The van der Waals surface area contributed by atoms with Gasteiger partial charge in [0.1, 0.15) is 0 Å². The lowest BCUT2D eigenvalue weighted by Crippen LogP contribution is -2.04. The van der Waals surface area contributed by atoms with Crippen LogP contribution in [0.5, 0.6) is 0 Å². The SMILES string of the molecule is FC(F)(F)c1nc[c]o1. The normalized spacial score (nSPS) is 11.9. The minimum absolute atomic E-state index is 0.822. The molecular formula is C4HF3NO. The summed E-state index contributed by atoms with van der Waals surface area (Å²) >= 11 is 0. The van der Waals surface area contributed by atoms with E-state index in [-0.39, 0.29) is 0 Å². The second-order valence-corrected chi connectivity index (χ2v) is 1.28. The van der Waals surface area contributed by atoms with Crippen molar-refractivity contribution < 1.29 is 17.6 Å². The summed E-state index contributed by atoms with van der Waals surface area (Å²) in [7, 11) is 0. The molecule has 1 heterocycles. The minimum atomic E-state index is -4.49. The number of rotatable bonds is 0. The first-order valence-corrected chi connectivity index (χ1v) is 2.00. The molecule has 1 rings (SSSR count). The van der Waals surface area contributed by atoms with Gasteiger partial charge in [0.2, 0.25) is 0 Å². The van der Waals surface area contributed by atoms with E-state index in [2.05, 4.69) is 9.40 Å². The van der Waals surface area contributed by atoms with Gasteiger partial charge in [-0.2, -0.15) is 13.2 Å². The van der Waals surface area contributed by atoms with Crippen molar-refractivity contribution in [3.05, 3.63) is 18.4 Å². The molecule has 1 radical (unpaired) electrons. The van der Waals surface area contributed by atoms with Crippen molar-refractivity contribution in [1.82, 2.24) is 4.98 Å². The van der Waals surface area contributed by atoms with Gasteiger partial charge in [0.15, 0.2) is 6.26 Å². The van der Waals surface area contributed by atoms with Crippen LogP contribution in [0.25, 0.3) is 0 Å². The van der Waals surface area contributed by atoms with Gasteiger partial charge in [-0.1, -0.05) is 0 Å². The number of oxazole rings is 1. The highest BCUT2D eigenvalue weighted by Gasteiger charge is 2.36. The predicted molar refractivity (Wildman–Crippen MR) is 20.3 cm³/mol. The molecule has 0 unspecified atom stereocenters. The Morgan fingerprint density at radius 3 is 2.44 bits per heavy atom.